The van der Waals surface area contributed by atoms with Crippen LogP contribution in [0.5, 0.6) is 0 Å². The van der Waals surface area contributed by atoms with Crippen molar-refractivity contribution in [1.82, 2.24) is 10.3 Å². The molecule has 0 spiro atoms. The van der Waals surface area contributed by atoms with Gasteiger partial charge in [-0.1, -0.05) is 31.0 Å². The molecule has 0 saturated heterocycles. The maximum Gasteiger partial charge on any atom is 0.237 e. The van der Waals surface area contributed by atoms with Gasteiger partial charge in [0.2, 0.25) is 5.91 Å². The molecular weight excluding hydrogens is 262 g/mol. The molecule has 0 bridgehead atoms. The number of para-hydroxylation sites is 1. The summed E-state index contributed by atoms with van der Waals surface area (Å²) >= 11 is 0. The second-order valence-electron chi connectivity index (χ2n) is 6.26. The van der Waals surface area contributed by atoms with E-state index in [9.17, 15) is 4.79 Å². The topological polar surface area (TPSA) is 70.9 Å². The van der Waals surface area contributed by atoms with Crippen LogP contribution in [0, 0.1) is 5.92 Å². The van der Waals surface area contributed by atoms with Crippen LogP contribution >= 0.6 is 0 Å². The van der Waals surface area contributed by atoms with E-state index in [0.717, 1.165) is 28.8 Å². The summed E-state index contributed by atoms with van der Waals surface area (Å²) in [7, 11) is 0. The Labute approximate surface area is 125 Å². The number of hydrogen-bond acceptors (Lipinski definition) is 2. The fraction of sp³-hybridized carbons (Fsp3) is 0.471. The fourth-order valence-electron chi connectivity index (χ4n) is 2.89. The van der Waals surface area contributed by atoms with Gasteiger partial charge in [0.25, 0.3) is 0 Å². The third-order valence-corrected chi connectivity index (χ3v) is 4.22. The molecule has 4 nitrogen and oxygen atoms in total. The van der Waals surface area contributed by atoms with Gasteiger partial charge in [0.05, 0.1) is 6.04 Å². The number of amides is 1. The van der Waals surface area contributed by atoms with E-state index in [2.05, 4.69) is 23.3 Å². The number of rotatable bonds is 6. The molecule has 0 radical (unpaired) electrons. The molecule has 1 unspecified atom stereocenters. The van der Waals surface area contributed by atoms with Crippen LogP contribution in [-0.2, 0) is 11.2 Å². The van der Waals surface area contributed by atoms with Crippen molar-refractivity contribution in [3.05, 3.63) is 36.0 Å². The van der Waals surface area contributed by atoms with Gasteiger partial charge in [-0.05, 0) is 37.3 Å². The van der Waals surface area contributed by atoms with Gasteiger partial charge in [0, 0.05) is 23.1 Å². The minimum absolute atomic E-state index is 0.0477. The zero-order valence-electron chi connectivity index (χ0n) is 12.4. The third kappa shape index (κ3) is 3.45. The van der Waals surface area contributed by atoms with Gasteiger partial charge in [-0.2, -0.15) is 0 Å². The maximum atomic E-state index is 12.2. The average Bonchev–Trinajstić information content (AvgIpc) is 3.18. The molecule has 2 aromatic rings. The fourth-order valence-corrected chi connectivity index (χ4v) is 2.89. The molecular formula is C17H23N3O. The van der Waals surface area contributed by atoms with Crippen LogP contribution in [0.25, 0.3) is 10.9 Å². The summed E-state index contributed by atoms with van der Waals surface area (Å²) in [5.74, 6) is 0.763. The van der Waals surface area contributed by atoms with E-state index in [1.54, 1.807) is 0 Å². The lowest BCUT2D eigenvalue weighted by Gasteiger charge is -2.17. The van der Waals surface area contributed by atoms with Crippen LogP contribution in [0.1, 0.15) is 31.7 Å². The molecule has 1 aromatic carbocycles. The zero-order valence-corrected chi connectivity index (χ0v) is 12.4. The highest BCUT2D eigenvalue weighted by molar-refractivity contribution is 5.86. The predicted octanol–water partition coefficient (Wildman–Crippen LogP) is 2.34. The molecule has 112 valence electrons. The molecule has 1 fully saturated rings. The Morgan fingerprint density at radius 2 is 2.19 bits per heavy atom. The van der Waals surface area contributed by atoms with E-state index in [1.165, 1.54) is 12.8 Å². The normalized spacial score (nSPS) is 17.6. The van der Waals surface area contributed by atoms with Gasteiger partial charge in [-0.3, -0.25) is 4.79 Å². The number of nitrogens with two attached hydrogens (primary N) is 1. The van der Waals surface area contributed by atoms with E-state index in [1.807, 2.05) is 24.4 Å². The molecule has 1 aliphatic carbocycles. The van der Waals surface area contributed by atoms with E-state index in [0.29, 0.717) is 6.42 Å². The van der Waals surface area contributed by atoms with Crippen molar-refractivity contribution in [3.8, 4) is 0 Å². The molecule has 1 amide bonds. The number of carbonyl (C=O) groups excluding carboxylic acids is 1. The number of aromatic nitrogens is 1. The van der Waals surface area contributed by atoms with Crippen LogP contribution in [0.3, 0.4) is 0 Å². The molecule has 2 atom stereocenters. The van der Waals surface area contributed by atoms with Gasteiger partial charge in [0.1, 0.15) is 0 Å². The number of aromatic amines is 1. The SMILES string of the molecule is CC(CC1CC1)NC(=O)[C@H](N)Cc1c[nH]c2ccccc12. The minimum Gasteiger partial charge on any atom is -0.361 e. The maximum absolute atomic E-state index is 12.2. The molecule has 21 heavy (non-hydrogen) atoms. The van der Waals surface area contributed by atoms with Crippen molar-refractivity contribution in [1.29, 1.82) is 0 Å². The van der Waals surface area contributed by atoms with Gasteiger partial charge in [-0.25, -0.2) is 0 Å². The Balaban J connectivity index is 1.59. The quantitative estimate of drug-likeness (QED) is 0.762. The van der Waals surface area contributed by atoms with Crippen LogP contribution < -0.4 is 11.1 Å². The van der Waals surface area contributed by atoms with E-state index >= 15 is 0 Å². The lowest BCUT2D eigenvalue weighted by atomic mass is 10.0. The highest BCUT2D eigenvalue weighted by atomic mass is 16.2. The highest BCUT2D eigenvalue weighted by Crippen LogP contribution is 2.33. The van der Waals surface area contributed by atoms with Gasteiger partial charge in [-0.15, -0.1) is 0 Å². The monoisotopic (exact) mass is 285 g/mol. The minimum atomic E-state index is -0.495. The summed E-state index contributed by atoms with van der Waals surface area (Å²) in [5, 5.41) is 4.18. The molecule has 1 heterocycles. The first-order chi connectivity index (χ1) is 10.1. The number of benzene rings is 1. The number of nitrogens with one attached hydrogen (secondary N) is 2. The highest BCUT2D eigenvalue weighted by Gasteiger charge is 2.25. The molecule has 3 rings (SSSR count). The van der Waals surface area contributed by atoms with Crippen molar-refractivity contribution in [2.24, 2.45) is 11.7 Å². The molecule has 1 aromatic heterocycles. The van der Waals surface area contributed by atoms with Crippen molar-refractivity contribution >= 4 is 16.8 Å². The lowest BCUT2D eigenvalue weighted by Crippen LogP contribution is -2.45. The summed E-state index contributed by atoms with van der Waals surface area (Å²) < 4.78 is 0. The Morgan fingerprint density at radius 3 is 2.95 bits per heavy atom. The van der Waals surface area contributed by atoms with Crippen LogP contribution in [0.4, 0.5) is 0 Å². The van der Waals surface area contributed by atoms with Crippen molar-refractivity contribution < 1.29 is 4.79 Å². The Morgan fingerprint density at radius 1 is 1.43 bits per heavy atom. The van der Waals surface area contributed by atoms with Crippen LogP contribution in [0.2, 0.25) is 0 Å². The second-order valence-corrected chi connectivity index (χ2v) is 6.26. The van der Waals surface area contributed by atoms with E-state index in [4.69, 9.17) is 5.73 Å². The van der Waals surface area contributed by atoms with E-state index in [-0.39, 0.29) is 11.9 Å². The van der Waals surface area contributed by atoms with Crippen LogP contribution in [0.15, 0.2) is 30.5 Å². The number of hydrogen-bond donors (Lipinski definition) is 3. The zero-order chi connectivity index (χ0) is 14.8. The standard InChI is InChI=1S/C17H23N3O/c1-11(8-12-6-7-12)20-17(21)15(18)9-13-10-19-16-5-3-2-4-14(13)16/h2-5,10-12,15,19H,6-9,18H2,1H3,(H,20,21)/t11?,15-/m1/s1. The number of fused-ring (bicyclic) bond motifs is 1. The Kier molecular flexibility index (Phi) is 3.97. The van der Waals surface area contributed by atoms with Gasteiger partial charge < -0.3 is 16.0 Å². The lowest BCUT2D eigenvalue weighted by molar-refractivity contribution is -0.123. The molecule has 4 N–H and O–H groups in total. The number of carbonyl (C=O) groups is 1. The predicted molar refractivity (Wildman–Crippen MR) is 84.9 cm³/mol. The Hall–Kier alpha value is -1.81. The first-order valence-electron chi connectivity index (χ1n) is 7.74. The van der Waals surface area contributed by atoms with Gasteiger partial charge in [0.15, 0.2) is 0 Å². The summed E-state index contributed by atoms with van der Waals surface area (Å²) in [6, 6.07) is 7.81. The van der Waals surface area contributed by atoms with Crippen molar-refractivity contribution in [2.45, 2.75) is 44.7 Å². The Bertz CT molecular complexity index is 630. The summed E-state index contributed by atoms with van der Waals surface area (Å²) in [6.45, 7) is 2.06. The number of H-pyrrole nitrogens is 1. The average molecular weight is 285 g/mol. The van der Waals surface area contributed by atoms with E-state index < -0.39 is 6.04 Å². The molecule has 4 heteroatoms. The first kappa shape index (κ1) is 14.1. The van der Waals surface area contributed by atoms with Crippen molar-refractivity contribution in [3.63, 3.8) is 0 Å². The van der Waals surface area contributed by atoms with Gasteiger partial charge >= 0.3 is 0 Å². The summed E-state index contributed by atoms with van der Waals surface area (Å²) in [5.41, 5.74) is 8.25. The third-order valence-electron chi connectivity index (χ3n) is 4.22. The molecule has 1 aliphatic rings. The smallest absolute Gasteiger partial charge is 0.237 e. The summed E-state index contributed by atoms with van der Waals surface area (Å²) in [4.78, 5) is 15.4. The molecule has 1 saturated carbocycles. The van der Waals surface area contributed by atoms with Crippen molar-refractivity contribution in [2.75, 3.05) is 0 Å². The largest absolute Gasteiger partial charge is 0.361 e. The second kappa shape index (κ2) is 5.90. The first-order valence-corrected chi connectivity index (χ1v) is 7.74. The summed E-state index contributed by atoms with van der Waals surface area (Å²) in [6.07, 6.45) is 6.20. The van der Waals surface area contributed by atoms with Crippen LogP contribution in [-0.4, -0.2) is 23.0 Å². The molecule has 0 aliphatic heterocycles.